The van der Waals surface area contributed by atoms with Crippen LogP contribution in [0.3, 0.4) is 0 Å². The van der Waals surface area contributed by atoms with Crippen molar-refractivity contribution in [2.75, 3.05) is 0 Å². The molecule has 0 fully saturated rings. The van der Waals surface area contributed by atoms with Crippen LogP contribution in [-0.4, -0.2) is 15.7 Å². The molecule has 1 N–H and O–H groups in total. The largest absolute Gasteiger partial charge is 0.491 e. The molecule has 0 unspecified atom stereocenters. The van der Waals surface area contributed by atoms with Crippen molar-refractivity contribution in [2.24, 2.45) is 0 Å². The van der Waals surface area contributed by atoms with Gasteiger partial charge in [0.1, 0.15) is 5.75 Å². The van der Waals surface area contributed by atoms with Gasteiger partial charge >= 0.3 is 5.69 Å². The Labute approximate surface area is 116 Å². The number of hydrogen-bond acceptors (Lipinski definition) is 2. The van der Waals surface area contributed by atoms with Gasteiger partial charge in [-0.25, -0.2) is 4.79 Å². The number of rotatable bonds is 3. The molecule has 0 amide bonds. The SMILES string of the molecule is CC(C)Oc1ccc(-n2c(=O)[nH]c3ccccc32)cc1. The van der Waals surface area contributed by atoms with Crippen molar-refractivity contribution in [1.29, 1.82) is 0 Å². The predicted molar refractivity (Wildman–Crippen MR) is 79.7 cm³/mol. The zero-order valence-electron chi connectivity index (χ0n) is 11.5. The van der Waals surface area contributed by atoms with Gasteiger partial charge in [-0.15, -0.1) is 0 Å². The van der Waals surface area contributed by atoms with Gasteiger partial charge in [0.15, 0.2) is 0 Å². The van der Waals surface area contributed by atoms with Crippen molar-refractivity contribution < 1.29 is 4.74 Å². The number of aromatic amines is 1. The van der Waals surface area contributed by atoms with Crippen molar-refractivity contribution in [3.05, 3.63) is 59.0 Å². The van der Waals surface area contributed by atoms with Gasteiger partial charge < -0.3 is 9.72 Å². The van der Waals surface area contributed by atoms with Gasteiger partial charge in [-0.3, -0.25) is 4.57 Å². The molecule has 2 aromatic carbocycles. The standard InChI is InChI=1S/C16H16N2O2/c1-11(2)20-13-9-7-12(8-10-13)18-15-6-4-3-5-14(15)17-16(18)19/h3-11H,1-2H3,(H,17,19). The lowest BCUT2D eigenvalue weighted by atomic mass is 10.2. The second-order valence-corrected chi connectivity index (χ2v) is 4.94. The van der Waals surface area contributed by atoms with Gasteiger partial charge in [0.05, 0.1) is 22.8 Å². The Morgan fingerprint density at radius 1 is 1.05 bits per heavy atom. The molecule has 0 spiro atoms. The first kappa shape index (κ1) is 12.5. The first-order chi connectivity index (χ1) is 9.65. The highest BCUT2D eigenvalue weighted by atomic mass is 16.5. The quantitative estimate of drug-likeness (QED) is 0.793. The van der Waals surface area contributed by atoms with Crippen LogP contribution in [0.2, 0.25) is 0 Å². The fourth-order valence-electron chi connectivity index (χ4n) is 2.26. The van der Waals surface area contributed by atoms with Gasteiger partial charge in [0.2, 0.25) is 0 Å². The van der Waals surface area contributed by atoms with E-state index in [-0.39, 0.29) is 11.8 Å². The molecule has 0 atom stereocenters. The maximum Gasteiger partial charge on any atom is 0.331 e. The number of benzene rings is 2. The third-order valence-electron chi connectivity index (χ3n) is 3.06. The van der Waals surface area contributed by atoms with Crippen molar-refractivity contribution in [3.8, 4) is 11.4 Å². The van der Waals surface area contributed by atoms with E-state index in [4.69, 9.17) is 4.74 Å². The normalized spacial score (nSPS) is 11.2. The third-order valence-corrected chi connectivity index (χ3v) is 3.06. The lowest BCUT2D eigenvalue weighted by Gasteiger charge is -2.10. The van der Waals surface area contributed by atoms with Crippen LogP contribution in [0.5, 0.6) is 5.75 Å². The van der Waals surface area contributed by atoms with E-state index in [1.165, 1.54) is 0 Å². The summed E-state index contributed by atoms with van der Waals surface area (Å²) in [6.07, 6.45) is 0.136. The van der Waals surface area contributed by atoms with E-state index in [9.17, 15) is 4.79 Å². The van der Waals surface area contributed by atoms with Crippen molar-refractivity contribution in [1.82, 2.24) is 9.55 Å². The van der Waals surface area contributed by atoms with Crippen LogP contribution >= 0.6 is 0 Å². The highest BCUT2D eigenvalue weighted by Crippen LogP contribution is 2.19. The highest BCUT2D eigenvalue weighted by molar-refractivity contribution is 5.77. The zero-order valence-corrected chi connectivity index (χ0v) is 11.5. The van der Waals surface area contributed by atoms with Crippen LogP contribution in [0.15, 0.2) is 53.3 Å². The molecule has 0 aliphatic carbocycles. The molecule has 0 saturated heterocycles. The highest BCUT2D eigenvalue weighted by Gasteiger charge is 2.08. The van der Waals surface area contributed by atoms with Gasteiger partial charge in [0.25, 0.3) is 0 Å². The second-order valence-electron chi connectivity index (χ2n) is 4.94. The lowest BCUT2D eigenvalue weighted by molar-refractivity contribution is 0.242. The van der Waals surface area contributed by atoms with E-state index < -0.39 is 0 Å². The van der Waals surface area contributed by atoms with Crippen molar-refractivity contribution in [3.63, 3.8) is 0 Å². The minimum Gasteiger partial charge on any atom is -0.491 e. The summed E-state index contributed by atoms with van der Waals surface area (Å²) in [6.45, 7) is 3.97. The topological polar surface area (TPSA) is 47.0 Å². The first-order valence-electron chi connectivity index (χ1n) is 6.62. The van der Waals surface area contributed by atoms with Crippen LogP contribution < -0.4 is 10.4 Å². The van der Waals surface area contributed by atoms with Crippen LogP contribution in [0.25, 0.3) is 16.7 Å². The molecule has 0 saturated carbocycles. The maximum absolute atomic E-state index is 12.1. The van der Waals surface area contributed by atoms with Crippen LogP contribution in [-0.2, 0) is 0 Å². The zero-order chi connectivity index (χ0) is 14.1. The molecule has 3 rings (SSSR count). The number of nitrogens with one attached hydrogen (secondary N) is 1. The minimum absolute atomic E-state index is 0.135. The van der Waals surface area contributed by atoms with Crippen LogP contribution in [0.4, 0.5) is 0 Å². The van der Waals surface area contributed by atoms with E-state index in [0.717, 1.165) is 22.5 Å². The monoisotopic (exact) mass is 268 g/mol. The Morgan fingerprint density at radius 2 is 1.75 bits per heavy atom. The lowest BCUT2D eigenvalue weighted by Crippen LogP contribution is -2.14. The minimum atomic E-state index is -0.135. The van der Waals surface area contributed by atoms with Crippen molar-refractivity contribution in [2.45, 2.75) is 20.0 Å². The second kappa shape index (κ2) is 4.89. The van der Waals surface area contributed by atoms with E-state index in [1.54, 1.807) is 4.57 Å². The number of hydrogen-bond donors (Lipinski definition) is 1. The number of nitrogens with zero attached hydrogens (tertiary/aromatic N) is 1. The predicted octanol–water partition coefficient (Wildman–Crippen LogP) is 3.11. The van der Waals surface area contributed by atoms with Crippen LogP contribution in [0, 0.1) is 0 Å². The molecule has 3 aromatic rings. The summed E-state index contributed by atoms with van der Waals surface area (Å²) in [4.78, 5) is 14.9. The molecular weight excluding hydrogens is 252 g/mol. The number of fused-ring (bicyclic) bond motifs is 1. The van der Waals surface area contributed by atoms with Gasteiger partial charge in [0, 0.05) is 0 Å². The van der Waals surface area contributed by atoms with Crippen molar-refractivity contribution >= 4 is 11.0 Å². The Hall–Kier alpha value is -2.49. The maximum atomic E-state index is 12.1. The van der Waals surface area contributed by atoms with Gasteiger partial charge in [-0.1, -0.05) is 12.1 Å². The Balaban J connectivity index is 2.07. The van der Waals surface area contributed by atoms with Gasteiger partial charge in [-0.05, 0) is 50.2 Å². The molecule has 1 heterocycles. The fourth-order valence-corrected chi connectivity index (χ4v) is 2.26. The van der Waals surface area contributed by atoms with E-state index in [2.05, 4.69) is 4.98 Å². The average molecular weight is 268 g/mol. The molecular formula is C16H16N2O2. The Kier molecular flexibility index (Phi) is 3.06. The number of para-hydroxylation sites is 2. The third kappa shape index (κ3) is 2.20. The van der Waals surface area contributed by atoms with Crippen LogP contribution in [0.1, 0.15) is 13.8 Å². The number of aromatic nitrogens is 2. The summed E-state index contributed by atoms with van der Waals surface area (Å²) in [5.74, 6) is 0.802. The summed E-state index contributed by atoms with van der Waals surface area (Å²) in [7, 11) is 0. The molecule has 0 aliphatic heterocycles. The summed E-state index contributed by atoms with van der Waals surface area (Å²) in [6, 6.07) is 15.2. The summed E-state index contributed by atoms with van der Waals surface area (Å²) >= 11 is 0. The molecule has 102 valence electrons. The number of H-pyrrole nitrogens is 1. The first-order valence-corrected chi connectivity index (χ1v) is 6.62. The number of ether oxygens (including phenoxy) is 1. The van der Waals surface area contributed by atoms with E-state index in [0.29, 0.717) is 0 Å². The molecule has 4 nitrogen and oxygen atoms in total. The molecule has 20 heavy (non-hydrogen) atoms. The molecule has 0 aliphatic rings. The number of imidazole rings is 1. The van der Waals surface area contributed by atoms with E-state index >= 15 is 0 Å². The Morgan fingerprint density at radius 3 is 2.45 bits per heavy atom. The Bertz CT molecular complexity index is 782. The summed E-state index contributed by atoms with van der Waals surface area (Å²) in [5.41, 5.74) is 2.39. The summed E-state index contributed by atoms with van der Waals surface area (Å²) in [5, 5.41) is 0. The van der Waals surface area contributed by atoms with Gasteiger partial charge in [-0.2, -0.15) is 0 Å². The molecule has 0 bridgehead atoms. The fraction of sp³-hybridized carbons (Fsp3) is 0.188. The smallest absolute Gasteiger partial charge is 0.331 e. The van der Waals surface area contributed by atoms with E-state index in [1.807, 2.05) is 62.4 Å². The summed E-state index contributed by atoms with van der Waals surface area (Å²) < 4.78 is 7.27. The molecule has 0 radical (unpaired) electrons. The molecule has 1 aromatic heterocycles. The molecule has 4 heteroatoms. The average Bonchev–Trinajstić information content (AvgIpc) is 2.75.